The van der Waals surface area contributed by atoms with Crippen molar-refractivity contribution in [3.8, 4) is 0 Å². The molecule has 0 aromatic rings. The van der Waals surface area contributed by atoms with Crippen LogP contribution >= 0.6 is 0 Å². The van der Waals surface area contributed by atoms with Gasteiger partial charge in [-0.15, -0.1) is 0 Å². The molecular formula is C7H17NO2. The SMILES string of the molecule is C1CCOOC1.CCCN. The first-order valence-electron chi connectivity index (χ1n) is 3.86. The Morgan fingerprint density at radius 1 is 1.20 bits per heavy atom. The lowest BCUT2D eigenvalue weighted by Gasteiger charge is -2.07. The summed E-state index contributed by atoms with van der Waals surface area (Å²) in [7, 11) is 0. The van der Waals surface area contributed by atoms with Crippen LogP contribution in [0.15, 0.2) is 0 Å². The van der Waals surface area contributed by atoms with Gasteiger partial charge >= 0.3 is 0 Å². The Labute approximate surface area is 62.4 Å². The molecule has 1 fully saturated rings. The maximum absolute atomic E-state index is 5.03. The van der Waals surface area contributed by atoms with Crippen molar-refractivity contribution in [2.24, 2.45) is 5.73 Å². The van der Waals surface area contributed by atoms with E-state index < -0.39 is 0 Å². The van der Waals surface area contributed by atoms with Crippen LogP contribution in [0.3, 0.4) is 0 Å². The van der Waals surface area contributed by atoms with Crippen molar-refractivity contribution in [2.45, 2.75) is 26.2 Å². The van der Waals surface area contributed by atoms with Gasteiger partial charge in [0.2, 0.25) is 0 Å². The average molecular weight is 147 g/mol. The fourth-order valence-corrected chi connectivity index (χ4v) is 0.440. The fourth-order valence-electron chi connectivity index (χ4n) is 0.440. The summed E-state index contributed by atoms with van der Waals surface area (Å²) < 4.78 is 0. The highest BCUT2D eigenvalue weighted by atomic mass is 17.2. The zero-order valence-corrected chi connectivity index (χ0v) is 6.64. The smallest absolute Gasteiger partial charge is 0.0823 e. The maximum Gasteiger partial charge on any atom is 0.0823 e. The second-order valence-electron chi connectivity index (χ2n) is 2.14. The van der Waals surface area contributed by atoms with Crippen molar-refractivity contribution >= 4 is 0 Å². The van der Waals surface area contributed by atoms with Crippen LogP contribution in [0.4, 0.5) is 0 Å². The van der Waals surface area contributed by atoms with E-state index in [9.17, 15) is 0 Å². The molecule has 1 heterocycles. The number of rotatable bonds is 1. The molecule has 0 aliphatic carbocycles. The summed E-state index contributed by atoms with van der Waals surface area (Å²) in [5.74, 6) is 0. The zero-order valence-electron chi connectivity index (χ0n) is 6.64. The van der Waals surface area contributed by atoms with Gasteiger partial charge in [-0.1, -0.05) is 6.92 Å². The van der Waals surface area contributed by atoms with Gasteiger partial charge in [0.15, 0.2) is 0 Å². The standard InChI is InChI=1S/C4H8O2.C3H9N/c1-2-4-6-5-3-1;1-2-3-4/h1-4H2;2-4H2,1H3. The van der Waals surface area contributed by atoms with Gasteiger partial charge in [-0.3, -0.25) is 0 Å². The third-order valence-electron chi connectivity index (χ3n) is 1.08. The van der Waals surface area contributed by atoms with Crippen LogP contribution in [-0.2, 0) is 9.78 Å². The molecule has 0 amide bonds. The predicted octanol–water partition coefficient (Wildman–Crippen LogP) is 1.08. The van der Waals surface area contributed by atoms with Gasteiger partial charge in [-0.05, 0) is 25.8 Å². The molecule has 1 aliphatic rings. The lowest BCUT2D eigenvalue weighted by molar-refractivity contribution is -0.312. The molecular weight excluding hydrogens is 130 g/mol. The van der Waals surface area contributed by atoms with Crippen molar-refractivity contribution in [2.75, 3.05) is 19.8 Å². The van der Waals surface area contributed by atoms with E-state index >= 15 is 0 Å². The molecule has 0 atom stereocenters. The van der Waals surface area contributed by atoms with Crippen LogP contribution in [0, 0.1) is 0 Å². The van der Waals surface area contributed by atoms with E-state index in [0.717, 1.165) is 39.0 Å². The van der Waals surface area contributed by atoms with Gasteiger partial charge in [-0.25, -0.2) is 9.78 Å². The fraction of sp³-hybridized carbons (Fsp3) is 1.00. The highest BCUT2D eigenvalue weighted by molar-refractivity contribution is 4.36. The molecule has 0 bridgehead atoms. The maximum atomic E-state index is 5.03. The second-order valence-corrected chi connectivity index (χ2v) is 2.14. The van der Waals surface area contributed by atoms with Crippen molar-refractivity contribution in [3.05, 3.63) is 0 Å². The third kappa shape index (κ3) is 7.88. The molecule has 1 aliphatic heterocycles. The molecule has 0 aromatic heterocycles. The van der Waals surface area contributed by atoms with Gasteiger partial charge in [0.05, 0.1) is 13.2 Å². The van der Waals surface area contributed by atoms with Crippen molar-refractivity contribution < 1.29 is 9.78 Å². The van der Waals surface area contributed by atoms with Gasteiger partial charge in [-0.2, -0.15) is 0 Å². The Bertz CT molecular complexity index is 42.1. The minimum atomic E-state index is 0.778. The topological polar surface area (TPSA) is 44.5 Å². The van der Waals surface area contributed by atoms with Crippen LogP contribution in [-0.4, -0.2) is 19.8 Å². The molecule has 3 nitrogen and oxygen atoms in total. The molecule has 0 spiro atoms. The summed E-state index contributed by atoms with van der Waals surface area (Å²) >= 11 is 0. The minimum Gasteiger partial charge on any atom is -0.330 e. The average Bonchev–Trinajstić information content (AvgIpc) is 2.08. The third-order valence-corrected chi connectivity index (χ3v) is 1.08. The van der Waals surface area contributed by atoms with E-state index in [-0.39, 0.29) is 0 Å². The van der Waals surface area contributed by atoms with Crippen LogP contribution in [0.25, 0.3) is 0 Å². The molecule has 10 heavy (non-hydrogen) atoms. The Balaban J connectivity index is 0.000000180. The number of hydrogen-bond donors (Lipinski definition) is 1. The summed E-state index contributed by atoms with van der Waals surface area (Å²) in [5, 5.41) is 0. The lowest BCUT2D eigenvalue weighted by atomic mass is 10.3. The first-order chi connectivity index (χ1) is 4.91. The van der Waals surface area contributed by atoms with Crippen LogP contribution < -0.4 is 5.73 Å². The first-order valence-corrected chi connectivity index (χ1v) is 3.86. The number of hydrogen-bond acceptors (Lipinski definition) is 3. The summed E-state index contributed by atoms with van der Waals surface area (Å²) in [4.78, 5) is 9.14. The van der Waals surface area contributed by atoms with Crippen molar-refractivity contribution in [1.29, 1.82) is 0 Å². The largest absolute Gasteiger partial charge is 0.330 e. The van der Waals surface area contributed by atoms with E-state index in [2.05, 4.69) is 16.7 Å². The molecule has 0 saturated carbocycles. The molecule has 3 heteroatoms. The Kier molecular flexibility index (Phi) is 8.77. The summed E-state index contributed by atoms with van der Waals surface area (Å²) in [6.07, 6.45) is 3.40. The number of nitrogens with two attached hydrogens (primary N) is 1. The Hall–Kier alpha value is -0.120. The van der Waals surface area contributed by atoms with Crippen molar-refractivity contribution in [1.82, 2.24) is 0 Å². The Morgan fingerprint density at radius 3 is 1.70 bits per heavy atom. The zero-order chi connectivity index (χ0) is 7.66. The van der Waals surface area contributed by atoms with Crippen LogP contribution in [0.2, 0.25) is 0 Å². The summed E-state index contributed by atoms with van der Waals surface area (Å²) in [6.45, 7) is 4.43. The van der Waals surface area contributed by atoms with E-state index in [0.29, 0.717) is 0 Å². The molecule has 62 valence electrons. The van der Waals surface area contributed by atoms with E-state index in [1.807, 2.05) is 0 Å². The molecule has 2 N–H and O–H groups in total. The second kappa shape index (κ2) is 8.88. The van der Waals surface area contributed by atoms with Crippen LogP contribution in [0.5, 0.6) is 0 Å². The van der Waals surface area contributed by atoms with Gasteiger partial charge in [0, 0.05) is 0 Å². The van der Waals surface area contributed by atoms with Gasteiger partial charge in [0.25, 0.3) is 0 Å². The Morgan fingerprint density at radius 2 is 1.60 bits per heavy atom. The quantitative estimate of drug-likeness (QED) is 0.564. The van der Waals surface area contributed by atoms with Crippen molar-refractivity contribution in [3.63, 3.8) is 0 Å². The van der Waals surface area contributed by atoms with E-state index in [1.165, 1.54) is 0 Å². The minimum absolute atomic E-state index is 0.778. The predicted molar refractivity (Wildman–Crippen MR) is 40.5 cm³/mol. The van der Waals surface area contributed by atoms with E-state index in [1.54, 1.807) is 0 Å². The van der Waals surface area contributed by atoms with E-state index in [4.69, 9.17) is 5.73 Å². The highest BCUT2D eigenvalue weighted by Gasteiger charge is 1.95. The highest BCUT2D eigenvalue weighted by Crippen LogP contribution is 1.97. The summed E-state index contributed by atoms with van der Waals surface area (Å²) in [5.41, 5.74) is 5.03. The first kappa shape index (κ1) is 9.88. The summed E-state index contributed by atoms with van der Waals surface area (Å²) in [6, 6.07) is 0. The normalized spacial score (nSPS) is 17.4. The monoisotopic (exact) mass is 147 g/mol. The molecule has 1 saturated heterocycles. The van der Waals surface area contributed by atoms with Crippen LogP contribution in [0.1, 0.15) is 26.2 Å². The molecule has 1 rings (SSSR count). The van der Waals surface area contributed by atoms with Gasteiger partial charge < -0.3 is 5.73 Å². The molecule has 0 aromatic carbocycles. The lowest BCUT2D eigenvalue weighted by Crippen LogP contribution is -2.05. The molecule has 0 radical (unpaired) electrons. The molecule has 0 unspecified atom stereocenters. The van der Waals surface area contributed by atoms with Gasteiger partial charge in [0.1, 0.15) is 0 Å².